The van der Waals surface area contributed by atoms with Crippen LogP contribution in [0.15, 0.2) is 24.3 Å². The van der Waals surface area contributed by atoms with Crippen molar-refractivity contribution in [3.8, 4) is 5.75 Å². The summed E-state index contributed by atoms with van der Waals surface area (Å²) < 4.78 is 16.1. The van der Waals surface area contributed by atoms with Gasteiger partial charge in [0, 0.05) is 19.4 Å². The molecule has 5 nitrogen and oxygen atoms in total. The van der Waals surface area contributed by atoms with Crippen molar-refractivity contribution in [2.75, 3.05) is 32.2 Å². The van der Waals surface area contributed by atoms with Gasteiger partial charge in [0.15, 0.2) is 0 Å². The molecule has 0 aliphatic heterocycles. The molecule has 124 valence electrons. The van der Waals surface area contributed by atoms with E-state index in [1.807, 2.05) is 38.1 Å². The highest BCUT2D eigenvalue weighted by Crippen LogP contribution is 2.21. The fourth-order valence-corrected chi connectivity index (χ4v) is 2.05. The highest BCUT2D eigenvalue weighted by molar-refractivity contribution is 5.97. The third kappa shape index (κ3) is 5.66. The van der Waals surface area contributed by atoms with Crippen LogP contribution >= 0.6 is 0 Å². The minimum absolute atomic E-state index is 0.137. The molecule has 0 spiro atoms. The number of methoxy groups -OCH3 is 1. The summed E-state index contributed by atoms with van der Waals surface area (Å²) in [6.07, 6.45) is 1.55. The van der Waals surface area contributed by atoms with Crippen molar-refractivity contribution in [1.82, 2.24) is 0 Å². The first-order valence-electron chi connectivity index (χ1n) is 7.73. The number of anilines is 1. The van der Waals surface area contributed by atoms with Gasteiger partial charge in [-0.15, -0.1) is 0 Å². The zero-order valence-electron chi connectivity index (χ0n) is 14.0. The molecule has 0 aliphatic carbocycles. The first kappa shape index (κ1) is 18.5. The van der Waals surface area contributed by atoms with Crippen LogP contribution in [0.5, 0.6) is 5.75 Å². The average molecular weight is 309 g/mol. The van der Waals surface area contributed by atoms with Crippen LogP contribution in [-0.4, -0.2) is 38.4 Å². The molecule has 1 rings (SSSR count). The van der Waals surface area contributed by atoms with E-state index in [9.17, 15) is 4.79 Å². The van der Waals surface area contributed by atoms with Gasteiger partial charge in [-0.25, -0.2) is 0 Å². The summed E-state index contributed by atoms with van der Waals surface area (Å²) >= 11 is 0. The van der Waals surface area contributed by atoms with Gasteiger partial charge >= 0.3 is 0 Å². The van der Waals surface area contributed by atoms with Gasteiger partial charge in [-0.2, -0.15) is 0 Å². The highest BCUT2D eigenvalue weighted by Gasteiger charge is 2.31. The predicted octanol–water partition coefficient (Wildman–Crippen LogP) is 3.25. The maximum Gasteiger partial charge on any atom is 0.256 e. The van der Waals surface area contributed by atoms with Gasteiger partial charge in [-0.1, -0.05) is 13.3 Å². The molecule has 0 saturated carbocycles. The fourth-order valence-electron chi connectivity index (χ4n) is 2.05. The zero-order chi connectivity index (χ0) is 16.4. The quantitative estimate of drug-likeness (QED) is 0.674. The second-order valence-electron chi connectivity index (χ2n) is 5.21. The molecule has 0 heterocycles. The standard InChI is InChI=1S/C17H27NO4/c1-5-11-17(3,20-4)16(19)18-14-7-9-15(10-8-14)22-13-12-21-6-2/h7-10H,5-6,11-13H2,1-4H3,(H,18,19)/t17-/m1/s1. The Bertz CT molecular complexity index is 446. The lowest BCUT2D eigenvalue weighted by molar-refractivity contribution is -0.136. The molecule has 0 unspecified atom stereocenters. The maximum absolute atomic E-state index is 12.3. The van der Waals surface area contributed by atoms with Crippen LogP contribution in [0, 0.1) is 0 Å². The van der Waals surface area contributed by atoms with Crippen molar-refractivity contribution in [2.45, 2.75) is 39.2 Å². The molecule has 0 saturated heterocycles. The van der Waals surface area contributed by atoms with Gasteiger partial charge in [0.25, 0.3) is 5.91 Å². The van der Waals surface area contributed by atoms with Gasteiger partial charge in [0.2, 0.25) is 0 Å². The van der Waals surface area contributed by atoms with Gasteiger partial charge < -0.3 is 19.5 Å². The second kappa shape index (κ2) is 9.43. The number of ether oxygens (including phenoxy) is 3. The minimum atomic E-state index is -0.804. The molecule has 0 bridgehead atoms. The van der Waals surface area contributed by atoms with E-state index in [2.05, 4.69) is 5.32 Å². The molecule has 1 N–H and O–H groups in total. The number of hydrogen-bond acceptors (Lipinski definition) is 4. The summed E-state index contributed by atoms with van der Waals surface area (Å²) in [6, 6.07) is 7.28. The normalized spacial score (nSPS) is 13.5. The number of rotatable bonds is 10. The van der Waals surface area contributed by atoms with Crippen LogP contribution in [0.3, 0.4) is 0 Å². The summed E-state index contributed by atoms with van der Waals surface area (Å²) in [5, 5.41) is 2.88. The summed E-state index contributed by atoms with van der Waals surface area (Å²) in [7, 11) is 1.56. The van der Waals surface area contributed by atoms with E-state index in [4.69, 9.17) is 14.2 Å². The first-order chi connectivity index (χ1) is 10.6. The zero-order valence-corrected chi connectivity index (χ0v) is 14.0. The Labute approximate surface area is 132 Å². The topological polar surface area (TPSA) is 56.8 Å². The number of benzene rings is 1. The maximum atomic E-state index is 12.3. The summed E-state index contributed by atoms with van der Waals surface area (Å²) in [5.74, 6) is 0.614. The molecule has 0 aliphatic rings. The average Bonchev–Trinajstić information content (AvgIpc) is 2.53. The Hall–Kier alpha value is -1.59. The minimum Gasteiger partial charge on any atom is -0.491 e. The van der Waals surface area contributed by atoms with Crippen molar-refractivity contribution in [1.29, 1.82) is 0 Å². The smallest absolute Gasteiger partial charge is 0.256 e. The SMILES string of the molecule is CCC[C@@](C)(OC)C(=O)Nc1ccc(OCCOCC)cc1. The third-order valence-electron chi connectivity index (χ3n) is 3.47. The molecule has 0 radical (unpaired) electrons. The predicted molar refractivity (Wildman–Crippen MR) is 87.4 cm³/mol. The van der Waals surface area contributed by atoms with Crippen molar-refractivity contribution in [3.05, 3.63) is 24.3 Å². The summed E-state index contributed by atoms with van der Waals surface area (Å²) in [5.41, 5.74) is -0.0805. The molecule has 1 aromatic carbocycles. The van der Waals surface area contributed by atoms with Crippen LogP contribution in [0.1, 0.15) is 33.6 Å². The van der Waals surface area contributed by atoms with E-state index in [0.29, 0.717) is 26.2 Å². The largest absolute Gasteiger partial charge is 0.491 e. The Morgan fingerprint density at radius 2 is 1.86 bits per heavy atom. The van der Waals surface area contributed by atoms with Crippen LogP contribution in [0.25, 0.3) is 0 Å². The van der Waals surface area contributed by atoms with E-state index in [-0.39, 0.29) is 5.91 Å². The van der Waals surface area contributed by atoms with E-state index >= 15 is 0 Å². The summed E-state index contributed by atoms with van der Waals surface area (Å²) in [4.78, 5) is 12.3. The lowest BCUT2D eigenvalue weighted by Crippen LogP contribution is -2.41. The lowest BCUT2D eigenvalue weighted by atomic mass is 9.99. The van der Waals surface area contributed by atoms with Gasteiger partial charge in [0.05, 0.1) is 6.61 Å². The van der Waals surface area contributed by atoms with E-state index in [1.165, 1.54) is 0 Å². The number of carbonyl (C=O) groups is 1. The van der Waals surface area contributed by atoms with E-state index < -0.39 is 5.60 Å². The summed E-state index contributed by atoms with van der Waals surface area (Å²) in [6.45, 7) is 7.54. The molecule has 0 aromatic heterocycles. The van der Waals surface area contributed by atoms with Crippen molar-refractivity contribution in [2.24, 2.45) is 0 Å². The molecule has 1 amide bonds. The highest BCUT2D eigenvalue weighted by atomic mass is 16.5. The number of nitrogens with one attached hydrogen (secondary N) is 1. The Morgan fingerprint density at radius 1 is 1.18 bits per heavy atom. The van der Waals surface area contributed by atoms with E-state index in [0.717, 1.165) is 17.9 Å². The van der Waals surface area contributed by atoms with Crippen molar-refractivity contribution in [3.63, 3.8) is 0 Å². The van der Waals surface area contributed by atoms with Crippen LogP contribution in [0.2, 0.25) is 0 Å². The van der Waals surface area contributed by atoms with Crippen molar-refractivity contribution < 1.29 is 19.0 Å². The molecular weight excluding hydrogens is 282 g/mol. The Balaban J connectivity index is 2.54. The van der Waals surface area contributed by atoms with Gasteiger partial charge in [-0.05, 0) is 44.5 Å². The van der Waals surface area contributed by atoms with Crippen LogP contribution in [0.4, 0.5) is 5.69 Å². The molecule has 1 atom stereocenters. The monoisotopic (exact) mass is 309 g/mol. The Kier molecular flexibility index (Phi) is 7.91. The second-order valence-corrected chi connectivity index (χ2v) is 5.21. The molecule has 5 heteroatoms. The fraction of sp³-hybridized carbons (Fsp3) is 0.588. The van der Waals surface area contributed by atoms with Crippen molar-refractivity contribution >= 4 is 11.6 Å². The molecular formula is C17H27NO4. The Morgan fingerprint density at radius 3 is 2.41 bits per heavy atom. The lowest BCUT2D eigenvalue weighted by Gasteiger charge is -2.26. The van der Waals surface area contributed by atoms with Gasteiger partial charge in [0.1, 0.15) is 18.0 Å². The number of carbonyl (C=O) groups excluding carboxylic acids is 1. The van der Waals surface area contributed by atoms with E-state index in [1.54, 1.807) is 14.0 Å². The molecule has 1 aromatic rings. The van der Waals surface area contributed by atoms with Crippen LogP contribution in [-0.2, 0) is 14.3 Å². The number of amides is 1. The third-order valence-corrected chi connectivity index (χ3v) is 3.47. The molecule has 0 fully saturated rings. The first-order valence-corrected chi connectivity index (χ1v) is 7.73. The number of hydrogen-bond donors (Lipinski definition) is 1. The van der Waals surface area contributed by atoms with Gasteiger partial charge in [-0.3, -0.25) is 4.79 Å². The molecule has 22 heavy (non-hydrogen) atoms. The van der Waals surface area contributed by atoms with Crippen LogP contribution < -0.4 is 10.1 Å².